The first-order chi connectivity index (χ1) is 7.86. The highest BCUT2D eigenvalue weighted by molar-refractivity contribution is 7.00. The lowest BCUT2D eigenvalue weighted by molar-refractivity contribution is 0.123. The number of morpholine rings is 1. The molecule has 1 aromatic carbocycles. The molecule has 16 heavy (non-hydrogen) atoms. The minimum absolute atomic E-state index is 0.730. The van der Waals surface area contributed by atoms with Gasteiger partial charge < -0.3 is 15.4 Å². The Kier molecular flexibility index (Phi) is 2.37. The van der Waals surface area contributed by atoms with Crippen molar-refractivity contribution >= 4 is 34.1 Å². The average molecular weight is 236 g/mol. The topological polar surface area (TPSA) is 64.3 Å². The van der Waals surface area contributed by atoms with E-state index in [0.717, 1.165) is 48.7 Å². The highest BCUT2D eigenvalue weighted by Crippen LogP contribution is 2.30. The third kappa shape index (κ3) is 1.50. The van der Waals surface area contributed by atoms with Crippen LogP contribution in [0, 0.1) is 0 Å². The van der Waals surface area contributed by atoms with Crippen LogP contribution < -0.4 is 10.6 Å². The average Bonchev–Trinajstić information content (AvgIpc) is 2.80. The van der Waals surface area contributed by atoms with E-state index < -0.39 is 0 Å². The summed E-state index contributed by atoms with van der Waals surface area (Å²) in [4.78, 5) is 2.23. The van der Waals surface area contributed by atoms with Crippen molar-refractivity contribution in [1.82, 2.24) is 8.75 Å². The lowest BCUT2D eigenvalue weighted by atomic mass is 10.2. The summed E-state index contributed by atoms with van der Waals surface area (Å²) in [6.07, 6.45) is 0. The van der Waals surface area contributed by atoms with E-state index in [0.29, 0.717) is 0 Å². The first-order valence-corrected chi connectivity index (χ1v) is 5.93. The van der Waals surface area contributed by atoms with Gasteiger partial charge in [-0.15, -0.1) is 0 Å². The molecule has 5 nitrogen and oxygen atoms in total. The Bertz CT molecular complexity index is 506. The molecule has 0 spiro atoms. The first-order valence-electron chi connectivity index (χ1n) is 5.20. The van der Waals surface area contributed by atoms with E-state index in [4.69, 9.17) is 10.5 Å². The molecular formula is C10H12N4OS. The zero-order chi connectivity index (χ0) is 11.0. The fourth-order valence-electron chi connectivity index (χ4n) is 1.94. The van der Waals surface area contributed by atoms with Gasteiger partial charge in [0.15, 0.2) is 0 Å². The van der Waals surface area contributed by atoms with Gasteiger partial charge in [-0.3, -0.25) is 0 Å². The van der Waals surface area contributed by atoms with Crippen LogP contribution in [0.2, 0.25) is 0 Å². The second-order valence-corrected chi connectivity index (χ2v) is 4.26. The molecule has 3 rings (SSSR count). The number of hydrogen-bond acceptors (Lipinski definition) is 6. The molecule has 1 aromatic heterocycles. The van der Waals surface area contributed by atoms with Gasteiger partial charge in [0.05, 0.1) is 36.3 Å². The maximum absolute atomic E-state index is 6.12. The van der Waals surface area contributed by atoms with Gasteiger partial charge >= 0.3 is 0 Å². The zero-order valence-corrected chi connectivity index (χ0v) is 9.54. The van der Waals surface area contributed by atoms with Gasteiger partial charge in [0.2, 0.25) is 0 Å². The summed E-state index contributed by atoms with van der Waals surface area (Å²) in [5, 5.41) is 0. The van der Waals surface area contributed by atoms with Crippen LogP contribution in [0.1, 0.15) is 0 Å². The van der Waals surface area contributed by atoms with Crippen LogP contribution >= 0.6 is 11.7 Å². The van der Waals surface area contributed by atoms with E-state index >= 15 is 0 Å². The summed E-state index contributed by atoms with van der Waals surface area (Å²) in [5.74, 6) is 0. The highest BCUT2D eigenvalue weighted by Gasteiger charge is 2.16. The Morgan fingerprint density at radius 3 is 2.88 bits per heavy atom. The van der Waals surface area contributed by atoms with Gasteiger partial charge in [-0.2, -0.15) is 8.75 Å². The summed E-state index contributed by atoms with van der Waals surface area (Å²) in [6, 6.07) is 3.99. The molecule has 1 aliphatic rings. The molecule has 0 unspecified atom stereocenters. The van der Waals surface area contributed by atoms with Crippen LogP contribution in [0.3, 0.4) is 0 Å². The Labute approximate surface area is 97.1 Å². The smallest absolute Gasteiger partial charge is 0.129 e. The number of hydrogen-bond donors (Lipinski definition) is 1. The monoisotopic (exact) mass is 236 g/mol. The second-order valence-electron chi connectivity index (χ2n) is 3.73. The molecule has 1 fully saturated rings. The molecular weight excluding hydrogens is 224 g/mol. The summed E-state index contributed by atoms with van der Waals surface area (Å²) >= 11 is 1.20. The molecule has 2 N–H and O–H groups in total. The molecule has 1 saturated heterocycles. The number of fused-ring (bicyclic) bond motifs is 1. The lowest BCUT2D eigenvalue weighted by Crippen LogP contribution is -2.36. The van der Waals surface area contributed by atoms with Gasteiger partial charge in [-0.05, 0) is 12.1 Å². The standard InChI is InChI=1S/C10H12N4OS/c11-9-8(14-3-5-15-6-4-14)2-1-7-10(9)13-16-12-7/h1-2H,3-6,11H2. The third-order valence-electron chi connectivity index (χ3n) is 2.80. The summed E-state index contributed by atoms with van der Waals surface area (Å²) in [5.41, 5.74) is 9.58. The Morgan fingerprint density at radius 1 is 1.25 bits per heavy atom. The number of rotatable bonds is 1. The molecule has 0 atom stereocenters. The van der Waals surface area contributed by atoms with Gasteiger partial charge in [0.25, 0.3) is 0 Å². The number of ether oxygens (including phenoxy) is 1. The number of aromatic nitrogens is 2. The molecule has 2 heterocycles. The Morgan fingerprint density at radius 2 is 2.06 bits per heavy atom. The zero-order valence-electron chi connectivity index (χ0n) is 8.72. The fourth-order valence-corrected chi connectivity index (χ4v) is 2.49. The van der Waals surface area contributed by atoms with Crippen molar-refractivity contribution in [2.45, 2.75) is 0 Å². The van der Waals surface area contributed by atoms with Crippen LogP contribution in [0.4, 0.5) is 11.4 Å². The van der Waals surface area contributed by atoms with Crippen molar-refractivity contribution < 1.29 is 4.74 Å². The molecule has 84 valence electrons. The van der Waals surface area contributed by atoms with Gasteiger partial charge in [0, 0.05) is 13.1 Å². The molecule has 0 radical (unpaired) electrons. The predicted molar refractivity (Wildman–Crippen MR) is 64.9 cm³/mol. The summed E-state index contributed by atoms with van der Waals surface area (Å²) in [6.45, 7) is 3.28. The quantitative estimate of drug-likeness (QED) is 0.751. The van der Waals surface area contributed by atoms with Crippen LogP contribution in [0.5, 0.6) is 0 Å². The molecule has 2 aromatic rings. The van der Waals surface area contributed by atoms with E-state index in [1.807, 2.05) is 12.1 Å². The number of anilines is 2. The lowest BCUT2D eigenvalue weighted by Gasteiger charge is -2.29. The van der Waals surface area contributed by atoms with Crippen LogP contribution in [0.15, 0.2) is 12.1 Å². The largest absolute Gasteiger partial charge is 0.395 e. The van der Waals surface area contributed by atoms with Crippen LogP contribution in [0.25, 0.3) is 11.0 Å². The Balaban J connectivity index is 2.05. The van der Waals surface area contributed by atoms with Crippen molar-refractivity contribution in [1.29, 1.82) is 0 Å². The van der Waals surface area contributed by atoms with E-state index in [2.05, 4.69) is 13.6 Å². The van der Waals surface area contributed by atoms with E-state index in [1.54, 1.807) is 0 Å². The third-order valence-corrected chi connectivity index (χ3v) is 3.34. The van der Waals surface area contributed by atoms with Crippen molar-refractivity contribution in [3.8, 4) is 0 Å². The minimum Gasteiger partial charge on any atom is -0.395 e. The number of nitrogen functional groups attached to an aromatic ring is 1. The maximum atomic E-state index is 6.12. The van der Waals surface area contributed by atoms with E-state index in [9.17, 15) is 0 Å². The predicted octanol–water partition coefficient (Wildman–Crippen LogP) is 1.11. The number of nitrogens with two attached hydrogens (primary N) is 1. The normalized spacial score (nSPS) is 16.9. The Hall–Kier alpha value is -1.40. The maximum Gasteiger partial charge on any atom is 0.129 e. The molecule has 0 amide bonds. The van der Waals surface area contributed by atoms with Crippen molar-refractivity contribution in [3.63, 3.8) is 0 Å². The summed E-state index contributed by atoms with van der Waals surface area (Å²) in [7, 11) is 0. The first kappa shape index (κ1) is 9.80. The minimum atomic E-state index is 0.730. The van der Waals surface area contributed by atoms with Crippen LogP contribution in [-0.4, -0.2) is 35.1 Å². The summed E-state index contributed by atoms with van der Waals surface area (Å²) < 4.78 is 13.7. The highest BCUT2D eigenvalue weighted by atomic mass is 32.1. The fraction of sp³-hybridized carbons (Fsp3) is 0.400. The van der Waals surface area contributed by atoms with Crippen LogP contribution in [-0.2, 0) is 4.74 Å². The number of benzene rings is 1. The molecule has 1 aliphatic heterocycles. The van der Waals surface area contributed by atoms with Gasteiger partial charge in [0.1, 0.15) is 11.0 Å². The number of nitrogens with zero attached hydrogens (tertiary/aromatic N) is 3. The van der Waals surface area contributed by atoms with Crippen molar-refractivity contribution in [3.05, 3.63) is 12.1 Å². The van der Waals surface area contributed by atoms with Gasteiger partial charge in [-0.1, -0.05) is 0 Å². The van der Waals surface area contributed by atoms with Crippen molar-refractivity contribution in [2.24, 2.45) is 0 Å². The van der Waals surface area contributed by atoms with E-state index in [-0.39, 0.29) is 0 Å². The molecule has 0 saturated carbocycles. The molecule has 0 bridgehead atoms. The van der Waals surface area contributed by atoms with Gasteiger partial charge in [-0.25, -0.2) is 0 Å². The molecule has 6 heteroatoms. The van der Waals surface area contributed by atoms with E-state index in [1.165, 1.54) is 11.7 Å². The second kappa shape index (κ2) is 3.88. The SMILES string of the molecule is Nc1c(N2CCOCC2)ccc2nsnc12. The molecule has 0 aliphatic carbocycles. The van der Waals surface area contributed by atoms with Crippen molar-refractivity contribution in [2.75, 3.05) is 36.9 Å².